The van der Waals surface area contributed by atoms with Crippen LogP contribution in [0.25, 0.3) is 0 Å². The highest BCUT2D eigenvalue weighted by Crippen LogP contribution is 2.37. The zero-order valence-corrected chi connectivity index (χ0v) is 21.0. The predicted molar refractivity (Wildman–Crippen MR) is 133 cm³/mol. The second-order valence-electron chi connectivity index (χ2n) is 10.4. The third-order valence-electron chi connectivity index (χ3n) is 8.08. The Morgan fingerprint density at radius 2 is 1.94 bits per heavy atom. The van der Waals surface area contributed by atoms with E-state index < -0.39 is 0 Å². The Bertz CT molecular complexity index is 907. The molecule has 4 aliphatic heterocycles. The van der Waals surface area contributed by atoms with Gasteiger partial charge in [-0.25, -0.2) is 0 Å². The molecule has 2 amide bonds. The lowest BCUT2D eigenvalue weighted by Gasteiger charge is -2.46. The van der Waals surface area contributed by atoms with Gasteiger partial charge in [0, 0.05) is 57.6 Å². The number of ether oxygens (including phenoxy) is 3. The minimum Gasteiger partial charge on any atom is -0.486 e. The van der Waals surface area contributed by atoms with Gasteiger partial charge in [0.25, 0.3) is 0 Å². The van der Waals surface area contributed by atoms with E-state index in [1.165, 1.54) is 45.2 Å². The monoisotopic (exact) mass is 485 g/mol. The fourth-order valence-corrected chi connectivity index (χ4v) is 6.35. The van der Waals surface area contributed by atoms with Gasteiger partial charge >= 0.3 is 0 Å². The van der Waals surface area contributed by atoms with E-state index in [2.05, 4.69) is 4.90 Å². The van der Waals surface area contributed by atoms with E-state index in [0.29, 0.717) is 56.4 Å². The van der Waals surface area contributed by atoms with Crippen LogP contribution in [0.4, 0.5) is 5.69 Å². The highest BCUT2D eigenvalue weighted by molar-refractivity contribution is 6.00. The molecule has 0 bridgehead atoms. The van der Waals surface area contributed by atoms with E-state index in [0.717, 1.165) is 18.7 Å². The summed E-state index contributed by atoms with van der Waals surface area (Å²) in [6, 6.07) is 6.18. The molecule has 0 unspecified atom stereocenters. The number of hydrogen-bond acceptors (Lipinski definition) is 6. The second-order valence-corrected chi connectivity index (χ2v) is 10.4. The molecule has 0 saturated carbocycles. The second kappa shape index (κ2) is 11.2. The molecule has 1 aromatic rings. The number of hydrogen-bond donors (Lipinski definition) is 0. The lowest BCUT2D eigenvalue weighted by Crippen LogP contribution is -2.52. The first-order valence-electron chi connectivity index (χ1n) is 13.4. The number of carbonyl (C=O) groups is 2. The molecule has 192 valence electrons. The van der Waals surface area contributed by atoms with Crippen molar-refractivity contribution in [2.45, 2.75) is 51.0 Å². The SMILES string of the molecule is COCCCN(C[C@@H]1CCCN2CCCC[C@H]12)C(=O)[C@H]1CC(=O)N(c2ccc3c(c2)OCCO3)C1. The quantitative estimate of drug-likeness (QED) is 0.528. The highest BCUT2D eigenvalue weighted by atomic mass is 16.6. The largest absolute Gasteiger partial charge is 0.486 e. The molecule has 1 aromatic carbocycles. The van der Waals surface area contributed by atoms with Gasteiger partial charge in [-0.15, -0.1) is 0 Å². The number of anilines is 1. The van der Waals surface area contributed by atoms with Crippen LogP contribution in [0.1, 0.15) is 44.9 Å². The third-order valence-corrected chi connectivity index (χ3v) is 8.08. The number of amides is 2. The average molecular weight is 486 g/mol. The van der Waals surface area contributed by atoms with Crippen molar-refractivity contribution in [3.05, 3.63) is 18.2 Å². The number of carbonyl (C=O) groups excluding carboxylic acids is 2. The molecule has 4 heterocycles. The number of fused-ring (bicyclic) bond motifs is 2. The maximum atomic E-state index is 13.8. The van der Waals surface area contributed by atoms with Gasteiger partial charge in [0.1, 0.15) is 13.2 Å². The van der Waals surface area contributed by atoms with Gasteiger partial charge in [-0.3, -0.25) is 9.59 Å². The zero-order chi connectivity index (χ0) is 24.2. The smallest absolute Gasteiger partial charge is 0.228 e. The topological polar surface area (TPSA) is 71.6 Å². The summed E-state index contributed by atoms with van der Waals surface area (Å²) in [7, 11) is 1.70. The van der Waals surface area contributed by atoms with Crippen LogP contribution in [0.2, 0.25) is 0 Å². The van der Waals surface area contributed by atoms with E-state index in [9.17, 15) is 9.59 Å². The first-order valence-corrected chi connectivity index (χ1v) is 13.4. The Kier molecular flexibility index (Phi) is 7.78. The molecular weight excluding hydrogens is 446 g/mol. The van der Waals surface area contributed by atoms with Gasteiger partial charge in [-0.2, -0.15) is 0 Å². The summed E-state index contributed by atoms with van der Waals surface area (Å²) < 4.78 is 16.6. The predicted octanol–water partition coefficient (Wildman–Crippen LogP) is 2.94. The molecular formula is C27H39N3O5. The van der Waals surface area contributed by atoms with Gasteiger partial charge < -0.3 is 28.9 Å². The molecule has 0 radical (unpaired) electrons. The van der Waals surface area contributed by atoms with Crippen LogP contribution >= 0.6 is 0 Å². The number of rotatable bonds is 8. The minimum absolute atomic E-state index is 0.00649. The van der Waals surface area contributed by atoms with Crippen molar-refractivity contribution in [3.63, 3.8) is 0 Å². The van der Waals surface area contributed by atoms with Crippen LogP contribution < -0.4 is 14.4 Å². The molecule has 0 N–H and O–H groups in total. The fourth-order valence-electron chi connectivity index (χ4n) is 6.35. The molecule has 0 aliphatic carbocycles. The van der Waals surface area contributed by atoms with E-state index in [-0.39, 0.29) is 24.2 Å². The maximum absolute atomic E-state index is 13.8. The van der Waals surface area contributed by atoms with Crippen molar-refractivity contribution >= 4 is 17.5 Å². The molecule has 35 heavy (non-hydrogen) atoms. The van der Waals surface area contributed by atoms with Crippen molar-refractivity contribution in [2.24, 2.45) is 11.8 Å². The van der Waals surface area contributed by atoms with Crippen molar-refractivity contribution in [2.75, 3.05) is 64.6 Å². The van der Waals surface area contributed by atoms with Crippen molar-refractivity contribution in [1.82, 2.24) is 9.80 Å². The lowest BCUT2D eigenvalue weighted by atomic mass is 9.83. The number of benzene rings is 1. The first-order chi connectivity index (χ1) is 17.1. The summed E-state index contributed by atoms with van der Waals surface area (Å²) in [6.07, 6.45) is 7.29. The Balaban J connectivity index is 1.27. The molecule has 8 heteroatoms. The molecule has 4 aliphatic rings. The average Bonchev–Trinajstić information content (AvgIpc) is 3.29. The number of piperidine rings is 2. The van der Waals surface area contributed by atoms with Crippen LogP contribution in [0.15, 0.2) is 18.2 Å². The van der Waals surface area contributed by atoms with Crippen LogP contribution in [0, 0.1) is 11.8 Å². The van der Waals surface area contributed by atoms with Gasteiger partial charge in [0.05, 0.1) is 5.92 Å². The summed E-state index contributed by atoms with van der Waals surface area (Å²) in [4.78, 5) is 33.2. The summed E-state index contributed by atoms with van der Waals surface area (Å²) in [5, 5.41) is 0. The zero-order valence-electron chi connectivity index (χ0n) is 21.0. The molecule has 3 fully saturated rings. The van der Waals surface area contributed by atoms with Crippen molar-refractivity contribution < 1.29 is 23.8 Å². The Morgan fingerprint density at radius 3 is 2.80 bits per heavy atom. The Labute approximate surface area is 208 Å². The summed E-state index contributed by atoms with van der Waals surface area (Å²) in [6.45, 7) is 5.95. The van der Waals surface area contributed by atoms with E-state index >= 15 is 0 Å². The van der Waals surface area contributed by atoms with E-state index in [4.69, 9.17) is 14.2 Å². The molecule has 0 aromatic heterocycles. The minimum atomic E-state index is -0.315. The number of methoxy groups -OCH3 is 1. The van der Waals surface area contributed by atoms with Crippen LogP contribution in [0.5, 0.6) is 11.5 Å². The normalized spacial score (nSPS) is 26.5. The van der Waals surface area contributed by atoms with Gasteiger partial charge in [-0.05, 0) is 63.2 Å². The van der Waals surface area contributed by atoms with Crippen molar-refractivity contribution in [3.8, 4) is 11.5 Å². The number of nitrogens with zero attached hydrogens (tertiary/aromatic N) is 3. The van der Waals surface area contributed by atoms with Gasteiger partial charge in [0.15, 0.2) is 11.5 Å². The third kappa shape index (κ3) is 5.43. The molecule has 3 saturated heterocycles. The first kappa shape index (κ1) is 24.4. The fraction of sp³-hybridized carbons (Fsp3) is 0.704. The lowest BCUT2D eigenvalue weighted by molar-refractivity contribution is -0.137. The van der Waals surface area contributed by atoms with Crippen LogP contribution in [-0.2, 0) is 14.3 Å². The molecule has 3 atom stereocenters. The van der Waals surface area contributed by atoms with E-state index in [1.807, 2.05) is 23.1 Å². The summed E-state index contributed by atoms with van der Waals surface area (Å²) in [5.74, 6) is 1.67. The van der Waals surface area contributed by atoms with E-state index in [1.54, 1.807) is 12.0 Å². The van der Waals surface area contributed by atoms with Crippen LogP contribution in [-0.4, -0.2) is 87.3 Å². The molecule has 0 spiro atoms. The molecule has 8 nitrogen and oxygen atoms in total. The van der Waals surface area contributed by atoms with Crippen LogP contribution in [0.3, 0.4) is 0 Å². The van der Waals surface area contributed by atoms with Gasteiger partial charge in [0.2, 0.25) is 11.8 Å². The van der Waals surface area contributed by atoms with Crippen molar-refractivity contribution in [1.29, 1.82) is 0 Å². The standard InChI is InChI=1S/C27H39N3O5/c1-33-13-5-12-29(18-20-6-4-11-28-10-3-2-7-23(20)28)27(32)21-16-26(31)30(19-21)22-8-9-24-25(17-22)35-15-14-34-24/h8-9,17,20-21,23H,2-7,10-16,18-19H2,1H3/t20-,21-,23+/m0/s1. The Hall–Kier alpha value is -2.32. The summed E-state index contributed by atoms with van der Waals surface area (Å²) >= 11 is 0. The molecule has 5 rings (SSSR count). The summed E-state index contributed by atoms with van der Waals surface area (Å²) in [5.41, 5.74) is 0.769. The van der Waals surface area contributed by atoms with Gasteiger partial charge in [-0.1, -0.05) is 6.42 Å². The maximum Gasteiger partial charge on any atom is 0.228 e. The Morgan fingerprint density at radius 1 is 1.11 bits per heavy atom. The highest BCUT2D eigenvalue weighted by Gasteiger charge is 2.40.